The summed E-state index contributed by atoms with van der Waals surface area (Å²) in [5.41, 5.74) is 0. The van der Waals surface area contributed by atoms with Gasteiger partial charge in [-0.15, -0.1) is 0 Å². The molecular weight excluding hydrogens is 228 g/mol. The first-order valence-electron chi connectivity index (χ1n) is 7.35. The van der Waals surface area contributed by atoms with Gasteiger partial charge in [-0.2, -0.15) is 0 Å². The van der Waals surface area contributed by atoms with Gasteiger partial charge in [0, 0.05) is 24.7 Å². The highest BCUT2D eigenvalue weighted by atomic mass is 16.4. The normalized spacial score (nSPS) is 30.4. The van der Waals surface area contributed by atoms with Crippen LogP contribution in [0.5, 0.6) is 0 Å². The Morgan fingerprint density at radius 1 is 1.39 bits per heavy atom. The van der Waals surface area contributed by atoms with Crippen LogP contribution >= 0.6 is 0 Å². The van der Waals surface area contributed by atoms with Crippen molar-refractivity contribution in [2.45, 2.75) is 64.1 Å². The molecule has 18 heavy (non-hydrogen) atoms. The molecule has 1 N–H and O–H groups in total. The van der Waals surface area contributed by atoms with Gasteiger partial charge < -0.3 is 5.11 Å². The fraction of sp³-hybridized carbons (Fsp3) is 0.929. The van der Waals surface area contributed by atoms with Crippen LogP contribution in [0.1, 0.15) is 46.0 Å². The summed E-state index contributed by atoms with van der Waals surface area (Å²) in [6, 6.07) is 1.40. The van der Waals surface area contributed by atoms with E-state index >= 15 is 0 Å². The number of piperidine rings is 1. The average molecular weight is 254 g/mol. The number of hydrogen-bond acceptors (Lipinski definition) is 3. The van der Waals surface area contributed by atoms with Crippen molar-refractivity contribution in [1.82, 2.24) is 9.80 Å². The largest absolute Gasteiger partial charge is 0.481 e. The summed E-state index contributed by atoms with van der Waals surface area (Å²) < 4.78 is 0. The van der Waals surface area contributed by atoms with Crippen LogP contribution < -0.4 is 0 Å². The first-order chi connectivity index (χ1) is 8.63. The third-order valence-corrected chi connectivity index (χ3v) is 4.65. The number of aliphatic carboxylic acids is 1. The van der Waals surface area contributed by atoms with E-state index in [2.05, 4.69) is 23.6 Å². The van der Waals surface area contributed by atoms with E-state index in [9.17, 15) is 4.79 Å². The molecule has 2 fully saturated rings. The van der Waals surface area contributed by atoms with Crippen molar-refractivity contribution >= 4 is 5.97 Å². The predicted octanol–water partition coefficient (Wildman–Crippen LogP) is 1.80. The molecule has 0 aromatic rings. The number of fused-ring (bicyclic) bond motifs is 1. The maximum absolute atomic E-state index is 10.9. The number of carbonyl (C=O) groups is 1. The molecule has 0 bridgehead atoms. The Bertz CT molecular complexity index is 296. The Hall–Kier alpha value is -0.610. The lowest BCUT2D eigenvalue weighted by Crippen LogP contribution is -2.50. The molecule has 0 radical (unpaired) electrons. The molecule has 3 atom stereocenters. The van der Waals surface area contributed by atoms with E-state index in [0.29, 0.717) is 12.1 Å². The van der Waals surface area contributed by atoms with Crippen LogP contribution in [0, 0.1) is 0 Å². The number of hydrogen-bond donors (Lipinski definition) is 1. The van der Waals surface area contributed by atoms with Crippen molar-refractivity contribution in [2.75, 3.05) is 19.6 Å². The standard InChI is InChI=1S/C14H26N2O2/c1-3-16(11(2)10-14(17)18)13-7-9-15-8-5-4-6-12(13)15/h11-13H,3-10H2,1-2H3,(H,17,18). The van der Waals surface area contributed by atoms with Crippen molar-refractivity contribution < 1.29 is 9.90 Å². The van der Waals surface area contributed by atoms with Crippen LogP contribution in [0.15, 0.2) is 0 Å². The predicted molar refractivity (Wildman–Crippen MR) is 71.7 cm³/mol. The van der Waals surface area contributed by atoms with Crippen molar-refractivity contribution in [3.63, 3.8) is 0 Å². The van der Waals surface area contributed by atoms with Gasteiger partial charge in [-0.25, -0.2) is 0 Å². The average Bonchev–Trinajstić information content (AvgIpc) is 2.73. The Balaban J connectivity index is 2.01. The lowest BCUT2D eigenvalue weighted by Gasteiger charge is -2.40. The molecular formula is C14H26N2O2. The fourth-order valence-electron chi connectivity index (χ4n) is 3.85. The molecule has 2 aliphatic heterocycles. The summed E-state index contributed by atoms with van der Waals surface area (Å²) in [6.45, 7) is 7.62. The lowest BCUT2D eigenvalue weighted by atomic mass is 9.96. The highest BCUT2D eigenvalue weighted by Crippen LogP contribution is 2.31. The van der Waals surface area contributed by atoms with Gasteiger partial charge >= 0.3 is 5.97 Å². The monoisotopic (exact) mass is 254 g/mol. The van der Waals surface area contributed by atoms with Gasteiger partial charge in [-0.3, -0.25) is 14.6 Å². The molecule has 2 rings (SSSR count). The van der Waals surface area contributed by atoms with Crippen molar-refractivity contribution in [2.24, 2.45) is 0 Å². The van der Waals surface area contributed by atoms with Crippen LogP contribution in [-0.2, 0) is 4.79 Å². The van der Waals surface area contributed by atoms with Crippen molar-refractivity contribution in [1.29, 1.82) is 0 Å². The molecule has 0 spiro atoms. The minimum atomic E-state index is -0.681. The molecule has 0 saturated carbocycles. The smallest absolute Gasteiger partial charge is 0.304 e. The first-order valence-corrected chi connectivity index (χ1v) is 7.35. The van der Waals surface area contributed by atoms with Crippen LogP contribution in [-0.4, -0.2) is 58.6 Å². The molecule has 0 aromatic carbocycles. The van der Waals surface area contributed by atoms with E-state index in [1.54, 1.807) is 0 Å². The lowest BCUT2D eigenvalue weighted by molar-refractivity contribution is -0.138. The minimum Gasteiger partial charge on any atom is -0.481 e. The van der Waals surface area contributed by atoms with E-state index in [0.717, 1.165) is 6.54 Å². The zero-order valence-electron chi connectivity index (χ0n) is 11.6. The Morgan fingerprint density at radius 2 is 2.17 bits per heavy atom. The molecule has 104 valence electrons. The van der Waals surface area contributed by atoms with Gasteiger partial charge in [-0.1, -0.05) is 13.3 Å². The van der Waals surface area contributed by atoms with Gasteiger partial charge in [-0.05, 0) is 39.3 Å². The quantitative estimate of drug-likeness (QED) is 0.812. The molecule has 2 aliphatic rings. The van der Waals surface area contributed by atoms with Gasteiger partial charge in [0.05, 0.1) is 6.42 Å². The number of carboxylic acid groups (broad SMARTS) is 1. The zero-order chi connectivity index (χ0) is 13.1. The highest BCUT2D eigenvalue weighted by molar-refractivity contribution is 5.67. The summed E-state index contributed by atoms with van der Waals surface area (Å²) >= 11 is 0. The first kappa shape index (κ1) is 13.8. The van der Waals surface area contributed by atoms with E-state index in [1.807, 2.05) is 0 Å². The van der Waals surface area contributed by atoms with Crippen LogP contribution in [0.4, 0.5) is 0 Å². The summed E-state index contributed by atoms with van der Waals surface area (Å²) in [5.74, 6) is -0.681. The Morgan fingerprint density at radius 3 is 2.83 bits per heavy atom. The van der Waals surface area contributed by atoms with Gasteiger partial charge in [0.2, 0.25) is 0 Å². The molecule has 0 aromatic heterocycles. The molecule has 2 heterocycles. The van der Waals surface area contributed by atoms with Gasteiger partial charge in [0.15, 0.2) is 0 Å². The number of rotatable bonds is 5. The minimum absolute atomic E-state index is 0.152. The van der Waals surface area contributed by atoms with E-state index < -0.39 is 5.97 Å². The third kappa shape index (κ3) is 2.86. The second kappa shape index (κ2) is 6.02. The van der Waals surface area contributed by atoms with E-state index in [-0.39, 0.29) is 12.5 Å². The second-order valence-corrected chi connectivity index (χ2v) is 5.73. The van der Waals surface area contributed by atoms with Crippen molar-refractivity contribution in [3.8, 4) is 0 Å². The summed E-state index contributed by atoms with van der Waals surface area (Å²) in [6.07, 6.45) is 5.43. The Kier molecular flexibility index (Phi) is 4.62. The van der Waals surface area contributed by atoms with Crippen LogP contribution in [0.3, 0.4) is 0 Å². The summed E-state index contributed by atoms with van der Waals surface area (Å²) in [5, 5.41) is 8.97. The fourth-order valence-corrected chi connectivity index (χ4v) is 3.85. The van der Waals surface area contributed by atoms with Gasteiger partial charge in [0.25, 0.3) is 0 Å². The maximum atomic E-state index is 10.9. The van der Waals surface area contributed by atoms with E-state index in [1.165, 1.54) is 38.8 Å². The zero-order valence-corrected chi connectivity index (χ0v) is 11.6. The summed E-state index contributed by atoms with van der Waals surface area (Å²) in [7, 11) is 0. The summed E-state index contributed by atoms with van der Waals surface area (Å²) in [4.78, 5) is 15.9. The second-order valence-electron chi connectivity index (χ2n) is 5.73. The molecule has 0 amide bonds. The third-order valence-electron chi connectivity index (χ3n) is 4.65. The number of nitrogens with zero attached hydrogens (tertiary/aromatic N) is 2. The molecule has 0 aliphatic carbocycles. The topological polar surface area (TPSA) is 43.8 Å². The SMILES string of the molecule is CCN(C(C)CC(=O)O)C1CCN2CCCCC12. The van der Waals surface area contributed by atoms with Crippen LogP contribution in [0.25, 0.3) is 0 Å². The number of likely N-dealkylation sites (N-methyl/N-ethyl adjacent to an activating group) is 1. The molecule has 3 unspecified atom stereocenters. The molecule has 2 saturated heterocycles. The molecule has 4 heteroatoms. The maximum Gasteiger partial charge on any atom is 0.304 e. The van der Waals surface area contributed by atoms with Gasteiger partial charge in [0.1, 0.15) is 0 Å². The van der Waals surface area contributed by atoms with Crippen LogP contribution in [0.2, 0.25) is 0 Å². The Labute approximate surface area is 110 Å². The highest BCUT2D eigenvalue weighted by Gasteiger charge is 2.39. The molecule has 4 nitrogen and oxygen atoms in total. The van der Waals surface area contributed by atoms with Crippen molar-refractivity contribution in [3.05, 3.63) is 0 Å². The number of carboxylic acids is 1. The van der Waals surface area contributed by atoms with E-state index in [4.69, 9.17) is 5.11 Å².